The number of rotatable bonds is 47. The maximum Gasteiger partial charge on any atom is 0.472 e. The Balaban J connectivity index is 4.90. The van der Waals surface area contributed by atoms with Gasteiger partial charge < -0.3 is 24.2 Å². The molecule has 0 aromatic heterocycles. The van der Waals surface area contributed by atoms with Crippen LogP contribution in [0.1, 0.15) is 188 Å². The lowest BCUT2D eigenvalue weighted by atomic mass is 10.1. The summed E-state index contributed by atoms with van der Waals surface area (Å²) >= 11 is 0. The Morgan fingerprint density at radius 3 is 1.23 bits per heavy atom. The van der Waals surface area contributed by atoms with E-state index in [1.54, 1.807) is 0 Å². The maximum absolute atomic E-state index is 12.9. The van der Waals surface area contributed by atoms with E-state index in [4.69, 9.17) is 23.3 Å². The number of phosphoric acid groups is 1. The summed E-state index contributed by atoms with van der Waals surface area (Å²) in [6, 6.07) is 0. The zero-order valence-corrected chi connectivity index (χ0v) is 44.3. The van der Waals surface area contributed by atoms with Crippen LogP contribution in [0, 0.1) is 0 Å². The summed E-state index contributed by atoms with van der Waals surface area (Å²) in [5.41, 5.74) is 0. The van der Waals surface area contributed by atoms with E-state index in [0.717, 1.165) is 116 Å². The first-order valence-electron chi connectivity index (χ1n) is 26.4. The zero-order valence-electron chi connectivity index (χ0n) is 43.4. The molecule has 0 aliphatic heterocycles. The van der Waals surface area contributed by atoms with Gasteiger partial charge in [0.25, 0.3) is 0 Å². The molecule has 0 saturated heterocycles. The first-order chi connectivity index (χ1) is 34.2. The molecule has 0 heterocycles. The summed E-state index contributed by atoms with van der Waals surface area (Å²) in [4.78, 5) is 48.3. The number of aliphatic hydroxyl groups is 1. The monoisotopic (exact) mass is 997 g/mol. The molecule has 0 aromatic rings. The predicted octanol–water partition coefficient (Wildman–Crippen LogP) is 15.2. The van der Waals surface area contributed by atoms with E-state index in [2.05, 4.69) is 130 Å². The summed E-state index contributed by atoms with van der Waals surface area (Å²) in [7, 11) is -4.77. The predicted molar refractivity (Wildman–Crippen MR) is 288 cm³/mol. The van der Waals surface area contributed by atoms with Crippen molar-refractivity contribution in [1.82, 2.24) is 0 Å². The van der Waals surface area contributed by atoms with Gasteiger partial charge in [-0.3, -0.25) is 23.4 Å². The minimum absolute atomic E-state index is 0.0909. The summed E-state index contributed by atoms with van der Waals surface area (Å²) in [5, 5.41) is 9.77. The molecule has 0 bridgehead atoms. The standard InChI is InChI=1S/C58H93O11P/c1-4-7-10-13-16-19-22-24-25-26-27-28-29-31-34-37-40-43-46-49-58(62)69-55(51-65-56(60)47-44-41-38-35-33-30-23-20-17-14-11-8-5-2)53-67-70(63,64)66-52-54(50-59)68-57(61)48-45-42-39-36-32-21-18-15-12-9-6-3/h7-8,10-11,15-20,24-25,27-28,30-31,33-34,38,41,54-55,59H,4-6,9,12-14,21-23,26,29,32,35-37,39-40,42-53H2,1-3H3,(H,63,64)/b10-7-,11-8-,18-15-,19-16-,20-17-,25-24-,28-27-,33-30-,34-31-,41-38-. The highest BCUT2D eigenvalue weighted by Gasteiger charge is 2.28. The van der Waals surface area contributed by atoms with Crippen LogP contribution in [0.5, 0.6) is 0 Å². The van der Waals surface area contributed by atoms with Crippen LogP contribution < -0.4 is 0 Å². The third-order valence-electron chi connectivity index (χ3n) is 10.4. The first kappa shape index (κ1) is 65.9. The van der Waals surface area contributed by atoms with Gasteiger partial charge >= 0.3 is 25.7 Å². The molecule has 70 heavy (non-hydrogen) atoms. The van der Waals surface area contributed by atoms with E-state index in [9.17, 15) is 28.9 Å². The Morgan fingerprint density at radius 1 is 0.414 bits per heavy atom. The lowest BCUT2D eigenvalue weighted by Gasteiger charge is -2.21. The van der Waals surface area contributed by atoms with Crippen molar-refractivity contribution in [1.29, 1.82) is 0 Å². The molecule has 11 nitrogen and oxygen atoms in total. The number of unbranched alkanes of at least 4 members (excludes halogenated alkanes) is 10. The fourth-order valence-corrected chi connectivity index (χ4v) is 7.16. The second kappa shape index (κ2) is 51.2. The first-order valence-corrected chi connectivity index (χ1v) is 27.9. The molecule has 0 radical (unpaired) electrons. The van der Waals surface area contributed by atoms with Crippen LogP contribution in [-0.4, -0.2) is 66.5 Å². The number of carbonyl (C=O) groups excluding carboxylic acids is 3. The zero-order chi connectivity index (χ0) is 51.3. The van der Waals surface area contributed by atoms with E-state index < -0.39 is 64.4 Å². The molecule has 2 N–H and O–H groups in total. The Kier molecular flexibility index (Phi) is 48.2. The van der Waals surface area contributed by atoms with Crippen LogP contribution in [0.3, 0.4) is 0 Å². The van der Waals surface area contributed by atoms with Crippen LogP contribution in [0.2, 0.25) is 0 Å². The van der Waals surface area contributed by atoms with Crippen molar-refractivity contribution in [3.8, 4) is 0 Å². The second-order valence-electron chi connectivity index (χ2n) is 16.9. The third-order valence-corrected chi connectivity index (χ3v) is 11.3. The van der Waals surface area contributed by atoms with E-state index in [1.807, 2.05) is 12.2 Å². The highest BCUT2D eigenvalue weighted by Crippen LogP contribution is 2.43. The van der Waals surface area contributed by atoms with Crippen LogP contribution in [0.25, 0.3) is 0 Å². The minimum Gasteiger partial charge on any atom is -0.462 e. The molecule has 0 spiro atoms. The number of carbonyl (C=O) groups is 3. The molecule has 0 aromatic carbocycles. The van der Waals surface area contributed by atoms with Crippen LogP contribution in [-0.2, 0) is 42.2 Å². The lowest BCUT2D eigenvalue weighted by Crippen LogP contribution is -2.30. The van der Waals surface area contributed by atoms with E-state index >= 15 is 0 Å². The van der Waals surface area contributed by atoms with Crippen molar-refractivity contribution in [2.24, 2.45) is 0 Å². The summed E-state index contributed by atoms with van der Waals surface area (Å²) in [6.07, 6.45) is 61.9. The molecule has 3 atom stereocenters. The molecule has 3 unspecified atom stereocenters. The van der Waals surface area contributed by atoms with Crippen molar-refractivity contribution in [3.63, 3.8) is 0 Å². The van der Waals surface area contributed by atoms with Crippen LogP contribution in [0.4, 0.5) is 0 Å². The highest BCUT2D eigenvalue weighted by atomic mass is 31.2. The lowest BCUT2D eigenvalue weighted by molar-refractivity contribution is -0.161. The van der Waals surface area contributed by atoms with Gasteiger partial charge in [0.05, 0.1) is 19.8 Å². The van der Waals surface area contributed by atoms with Crippen molar-refractivity contribution in [2.45, 2.75) is 200 Å². The molecule has 12 heteroatoms. The van der Waals surface area contributed by atoms with Crippen LogP contribution >= 0.6 is 7.82 Å². The van der Waals surface area contributed by atoms with Crippen molar-refractivity contribution in [3.05, 3.63) is 122 Å². The Labute approximate surface area is 424 Å². The van der Waals surface area contributed by atoms with Crippen molar-refractivity contribution in [2.75, 3.05) is 26.4 Å². The topological polar surface area (TPSA) is 155 Å². The van der Waals surface area contributed by atoms with E-state index in [0.29, 0.717) is 19.3 Å². The average molecular weight is 997 g/mol. The van der Waals surface area contributed by atoms with Crippen molar-refractivity contribution < 1.29 is 52.2 Å². The smallest absolute Gasteiger partial charge is 0.462 e. The number of esters is 3. The minimum atomic E-state index is -4.77. The normalized spacial score (nSPS) is 14.4. The van der Waals surface area contributed by atoms with Gasteiger partial charge in [-0.15, -0.1) is 0 Å². The molecule has 0 amide bonds. The molecular formula is C58H93O11P. The molecule has 396 valence electrons. The number of hydrogen-bond donors (Lipinski definition) is 2. The number of phosphoric ester groups is 1. The maximum atomic E-state index is 12.9. The van der Waals surface area contributed by atoms with E-state index in [-0.39, 0.29) is 19.3 Å². The van der Waals surface area contributed by atoms with Crippen molar-refractivity contribution >= 4 is 25.7 Å². The van der Waals surface area contributed by atoms with Gasteiger partial charge in [0, 0.05) is 19.3 Å². The summed E-state index contributed by atoms with van der Waals surface area (Å²) in [6.45, 7) is 4.20. The molecule has 0 fully saturated rings. The van der Waals surface area contributed by atoms with Gasteiger partial charge in [-0.1, -0.05) is 181 Å². The summed E-state index contributed by atoms with van der Waals surface area (Å²) in [5.74, 6) is -1.63. The molecule has 0 aliphatic rings. The fraction of sp³-hybridized carbons (Fsp3) is 0.603. The molecule has 0 aliphatic carbocycles. The Morgan fingerprint density at radius 2 is 0.771 bits per heavy atom. The fourth-order valence-electron chi connectivity index (χ4n) is 6.37. The Hall–Kier alpha value is -4.12. The average Bonchev–Trinajstić information content (AvgIpc) is 3.35. The number of ether oxygens (including phenoxy) is 3. The van der Waals surface area contributed by atoms with E-state index in [1.165, 1.54) is 12.8 Å². The van der Waals surface area contributed by atoms with Gasteiger partial charge in [-0.2, -0.15) is 0 Å². The molecule has 0 rings (SSSR count). The van der Waals surface area contributed by atoms with Gasteiger partial charge in [0.15, 0.2) is 6.10 Å². The van der Waals surface area contributed by atoms with Gasteiger partial charge in [-0.05, 0) is 109 Å². The number of hydrogen-bond acceptors (Lipinski definition) is 10. The molecule has 0 saturated carbocycles. The molecular weight excluding hydrogens is 904 g/mol. The third kappa shape index (κ3) is 48.9. The Bertz CT molecular complexity index is 1630. The highest BCUT2D eigenvalue weighted by molar-refractivity contribution is 7.47. The SMILES string of the molecule is CC/C=C\C/C=C\C/C=C\C/C=C\C/C=C\CCCCCC(=O)OC(COC(=O)CC/C=C\C/C=C\C/C=C\C/C=C\CC)COP(=O)(O)OCC(CO)OC(=O)CCCCCCC/C=C\CCCC. The largest absolute Gasteiger partial charge is 0.472 e. The van der Waals surface area contributed by atoms with Gasteiger partial charge in [0.2, 0.25) is 0 Å². The number of allylic oxidation sites excluding steroid dienone is 20. The van der Waals surface area contributed by atoms with Gasteiger partial charge in [0.1, 0.15) is 12.7 Å². The van der Waals surface area contributed by atoms with Crippen LogP contribution in [0.15, 0.2) is 122 Å². The second-order valence-corrected chi connectivity index (χ2v) is 18.4. The number of aliphatic hydroxyl groups excluding tert-OH is 1. The van der Waals surface area contributed by atoms with Gasteiger partial charge in [-0.25, -0.2) is 4.57 Å². The summed E-state index contributed by atoms with van der Waals surface area (Å²) < 4.78 is 39.2. The quantitative estimate of drug-likeness (QED) is 0.0197.